The fourth-order valence-corrected chi connectivity index (χ4v) is 4.35. The smallest absolute Gasteiger partial charge is 0.185 e. The van der Waals surface area contributed by atoms with Crippen molar-refractivity contribution in [3.63, 3.8) is 0 Å². The zero-order chi connectivity index (χ0) is 19.3. The number of rotatable bonds is 14. The van der Waals surface area contributed by atoms with Crippen LogP contribution in [0.15, 0.2) is 12.4 Å². The van der Waals surface area contributed by atoms with E-state index in [-0.39, 0.29) is 0 Å². The molecule has 27 heavy (non-hydrogen) atoms. The first-order valence-corrected chi connectivity index (χ1v) is 11.7. The molecule has 0 N–H and O–H groups in total. The van der Waals surface area contributed by atoms with Crippen LogP contribution in [0.3, 0.4) is 0 Å². The zero-order valence-electron chi connectivity index (χ0n) is 16.5. The van der Waals surface area contributed by atoms with Gasteiger partial charge in [-0.1, -0.05) is 63.7 Å². The molecule has 0 aromatic carbocycles. The fraction of sp³-hybridized carbons (Fsp3) is 0.571. The number of aldehydes is 1. The second kappa shape index (κ2) is 12.8. The minimum absolute atomic E-state index is 0.657. The van der Waals surface area contributed by atoms with E-state index in [0.29, 0.717) is 4.88 Å². The zero-order valence-corrected chi connectivity index (χ0v) is 18.2. The third kappa shape index (κ3) is 7.93. The van der Waals surface area contributed by atoms with E-state index in [1.807, 2.05) is 18.3 Å². The highest BCUT2D eigenvalue weighted by atomic mass is 32.1. The normalized spacial score (nSPS) is 11.3. The number of thiazole rings is 2. The number of hydrogen-bond donors (Lipinski definition) is 0. The molecule has 0 saturated heterocycles. The second-order valence-electron chi connectivity index (χ2n) is 6.71. The quantitative estimate of drug-likeness (QED) is 0.264. The van der Waals surface area contributed by atoms with Crippen LogP contribution in [-0.2, 0) is 0 Å². The first kappa shape index (κ1) is 21.8. The standard InChI is InChI=1S/C21H31N3OS2/c1-3-5-7-9-13-24(14-10-8-6-4-2)21-23-15-18(27-21)11-12-20-22-16-19(17-25)26-20/h11-12,15-17H,3-10,13-14H2,1-2H3/b12-11+. The lowest BCUT2D eigenvalue weighted by atomic mass is 10.2. The maximum atomic E-state index is 10.8. The molecule has 0 amide bonds. The van der Waals surface area contributed by atoms with Gasteiger partial charge in [0.05, 0.1) is 4.88 Å². The summed E-state index contributed by atoms with van der Waals surface area (Å²) in [5.41, 5.74) is 0. The highest BCUT2D eigenvalue weighted by Gasteiger charge is 2.10. The predicted molar refractivity (Wildman–Crippen MR) is 119 cm³/mol. The monoisotopic (exact) mass is 405 g/mol. The molecule has 0 saturated carbocycles. The van der Waals surface area contributed by atoms with Crippen molar-refractivity contribution in [2.45, 2.75) is 65.2 Å². The van der Waals surface area contributed by atoms with Crippen molar-refractivity contribution in [1.29, 1.82) is 0 Å². The third-order valence-electron chi connectivity index (χ3n) is 4.39. The van der Waals surface area contributed by atoms with Crippen molar-refractivity contribution >= 4 is 46.2 Å². The van der Waals surface area contributed by atoms with Crippen LogP contribution in [0, 0.1) is 0 Å². The predicted octanol–water partition coefficient (Wildman–Crippen LogP) is 6.55. The molecule has 2 rings (SSSR count). The van der Waals surface area contributed by atoms with Crippen molar-refractivity contribution in [3.05, 3.63) is 27.2 Å². The van der Waals surface area contributed by atoms with Gasteiger partial charge in [-0.05, 0) is 25.0 Å². The molecule has 2 aromatic heterocycles. The van der Waals surface area contributed by atoms with E-state index in [0.717, 1.165) is 34.4 Å². The summed E-state index contributed by atoms with van der Waals surface area (Å²) in [6.07, 6.45) is 18.6. The Morgan fingerprint density at radius 3 is 2.11 bits per heavy atom. The largest absolute Gasteiger partial charge is 0.348 e. The number of nitrogens with zero attached hydrogens (tertiary/aromatic N) is 3. The number of unbranched alkanes of at least 4 members (excludes halogenated alkanes) is 6. The SMILES string of the molecule is CCCCCCN(CCCCCC)c1ncc(/C=C/c2ncc(C=O)s2)s1. The van der Waals surface area contributed by atoms with Gasteiger partial charge in [0.15, 0.2) is 11.4 Å². The van der Waals surface area contributed by atoms with E-state index in [1.165, 1.54) is 62.7 Å². The number of aromatic nitrogens is 2. The van der Waals surface area contributed by atoms with E-state index >= 15 is 0 Å². The van der Waals surface area contributed by atoms with Gasteiger partial charge in [0.2, 0.25) is 0 Å². The Kier molecular flexibility index (Phi) is 10.3. The molecule has 0 radical (unpaired) electrons. The van der Waals surface area contributed by atoms with Gasteiger partial charge in [0.1, 0.15) is 5.01 Å². The number of carbonyl (C=O) groups excluding carboxylic acids is 1. The van der Waals surface area contributed by atoms with Gasteiger partial charge in [-0.3, -0.25) is 4.79 Å². The van der Waals surface area contributed by atoms with Gasteiger partial charge < -0.3 is 4.90 Å². The van der Waals surface area contributed by atoms with Crippen LogP contribution in [0.1, 0.15) is 84.8 Å². The lowest BCUT2D eigenvalue weighted by molar-refractivity contribution is 0.112. The minimum Gasteiger partial charge on any atom is -0.348 e. The van der Waals surface area contributed by atoms with Crippen molar-refractivity contribution in [3.8, 4) is 0 Å². The molecule has 6 heteroatoms. The Morgan fingerprint density at radius 1 is 0.852 bits per heavy atom. The van der Waals surface area contributed by atoms with E-state index in [2.05, 4.69) is 28.7 Å². The average Bonchev–Trinajstić information content (AvgIpc) is 3.34. The summed E-state index contributed by atoms with van der Waals surface area (Å²) in [7, 11) is 0. The summed E-state index contributed by atoms with van der Waals surface area (Å²) < 4.78 is 0. The molecule has 0 aliphatic carbocycles. The van der Waals surface area contributed by atoms with Gasteiger partial charge in [-0.25, -0.2) is 9.97 Å². The molecule has 0 bridgehead atoms. The van der Waals surface area contributed by atoms with E-state index in [1.54, 1.807) is 17.5 Å². The Morgan fingerprint density at radius 2 is 1.52 bits per heavy atom. The van der Waals surface area contributed by atoms with Gasteiger partial charge in [0.25, 0.3) is 0 Å². The molecular formula is C21H31N3OS2. The topological polar surface area (TPSA) is 46.1 Å². The molecule has 0 unspecified atom stereocenters. The number of hydrogen-bond acceptors (Lipinski definition) is 6. The highest BCUT2D eigenvalue weighted by Crippen LogP contribution is 2.26. The summed E-state index contributed by atoms with van der Waals surface area (Å²) in [6.45, 7) is 6.70. The van der Waals surface area contributed by atoms with Gasteiger partial charge in [0, 0.05) is 30.4 Å². The van der Waals surface area contributed by atoms with Crippen LogP contribution in [-0.4, -0.2) is 29.3 Å². The Hall–Kier alpha value is -1.53. The number of carbonyl (C=O) groups is 1. The lowest BCUT2D eigenvalue weighted by Crippen LogP contribution is -2.25. The molecule has 148 valence electrons. The van der Waals surface area contributed by atoms with Gasteiger partial charge in [-0.15, -0.1) is 11.3 Å². The van der Waals surface area contributed by atoms with Crippen LogP contribution < -0.4 is 4.90 Å². The van der Waals surface area contributed by atoms with E-state index < -0.39 is 0 Å². The van der Waals surface area contributed by atoms with Crippen LogP contribution in [0.25, 0.3) is 12.2 Å². The summed E-state index contributed by atoms with van der Waals surface area (Å²) >= 11 is 3.14. The summed E-state index contributed by atoms with van der Waals surface area (Å²) in [5, 5.41) is 1.97. The number of anilines is 1. The molecule has 4 nitrogen and oxygen atoms in total. The Labute approximate surface area is 171 Å². The molecular weight excluding hydrogens is 374 g/mol. The maximum Gasteiger partial charge on any atom is 0.185 e. The summed E-state index contributed by atoms with van der Waals surface area (Å²) in [4.78, 5) is 23.9. The molecule has 2 aromatic rings. The van der Waals surface area contributed by atoms with Crippen molar-refractivity contribution < 1.29 is 4.79 Å². The Balaban J connectivity index is 1.95. The van der Waals surface area contributed by atoms with Crippen LogP contribution in [0.2, 0.25) is 0 Å². The third-order valence-corrected chi connectivity index (χ3v) is 6.30. The van der Waals surface area contributed by atoms with Crippen molar-refractivity contribution in [1.82, 2.24) is 9.97 Å². The molecule has 2 heterocycles. The maximum absolute atomic E-state index is 10.8. The molecule has 0 spiro atoms. The van der Waals surface area contributed by atoms with Gasteiger partial charge in [-0.2, -0.15) is 0 Å². The first-order chi connectivity index (χ1) is 13.3. The average molecular weight is 406 g/mol. The molecule has 0 aliphatic heterocycles. The van der Waals surface area contributed by atoms with Crippen molar-refractivity contribution in [2.24, 2.45) is 0 Å². The first-order valence-electron chi connectivity index (χ1n) is 10.1. The van der Waals surface area contributed by atoms with E-state index in [9.17, 15) is 4.79 Å². The molecule has 0 fully saturated rings. The second-order valence-corrected chi connectivity index (χ2v) is 8.84. The molecule has 0 aliphatic rings. The summed E-state index contributed by atoms with van der Waals surface area (Å²) in [6, 6.07) is 0. The van der Waals surface area contributed by atoms with E-state index in [4.69, 9.17) is 0 Å². The van der Waals surface area contributed by atoms with Gasteiger partial charge >= 0.3 is 0 Å². The van der Waals surface area contributed by atoms with Crippen LogP contribution >= 0.6 is 22.7 Å². The highest BCUT2D eigenvalue weighted by molar-refractivity contribution is 7.16. The molecule has 0 atom stereocenters. The fourth-order valence-electron chi connectivity index (χ4n) is 2.85. The van der Waals surface area contributed by atoms with Crippen molar-refractivity contribution in [2.75, 3.05) is 18.0 Å². The Bertz CT molecular complexity index is 681. The van der Waals surface area contributed by atoms with Crippen LogP contribution in [0.4, 0.5) is 5.13 Å². The lowest BCUT2D eigenvalue weighted by Gasteiger charge is -2.21. The summed E-state index contributed by atoms with van der Waals surface area (Å²) in [5.74, 6) is 0. The minimum atomic E-state index is 0.657. The van der Waals surface area contributed by atoms with Crippen LogP contribution in [0.5, 0.6) is 0 Å².